The summed E-state index contributed by atoms with van der Waals surface area (Å²) < 4.78 is 0. The summed E-state index contributed by atoms with van der Waals surface area (Å²) >= 11 is 1.19. The first-order chi connectivity index (χ1) is 14.1. The molecule has 4 rings (SSSR count). The second kappa shape index (κ2) is 8.35. The van der Waals surface area contributed by atoms with Gasteiger partial charge >= 0.3 is 0 Å². The number of carbonyl (C=O) groups excluding carboxylic acids is 2. The number of amides is 2. The monoisotopic (exact) mass is 412 g/mol. The number of nitrogens with zero attached hydrogens (tertiary/aromatic N) is 5. The maximum Gasteiger partial charge on any atom is 0.279 e. The molecule has 2 aromatic heterocycles. The van der Waals surface area contributed by atoms with Gasteiger partial charge in [0.15, 0.2) is 5.82 Å². The fourth-order valence-electron chi connectivity index (χ4n) is 3.23. The molecule has 0 saturated carbocycles. The van der Waals surface area contributed by atoms with Gasteiger partial charge in [0.05, 0.1) is 12.1 Å². The van der Waals surface area contributed by atoms with Crippen LogP contribution in [0.5, 0.6) is 0 Å². The van der Waals surface area contributed by atoms with Gasteiger partial charge in [-0.05, 0) is 24.6 Å². The second-order valence-corrected chi connectivity index (χ2v) is 7.71. The molecule has 29 heavy (non-hydrogen) atoms. The predicted molar refractivity (Wildman–Crippen MR) is 109 cm³/mol. The lowest BCUT2D eigenvalue weighted by Crippen LogP contribution is -2.22. The Morgan fingerprint density at radius 3 is 2.86 bits per heavy atom. The van der Waals surface area contributed by atoms with E-state index in [-0.39, 0.29) is 23.3 Å². The van der Waals surface area contributed by atoms with E-state index in [9.17, 15) is 9.59 Å². The van der Waals surface area contributed by atoms with Crippen molar-refractivity contribution in [2.24, 2.45) is 5.73 Å². The van der Waals surface area contributed by atoms with E-state index in [0.29, 0.717) is 17.5 Å². The molecule has 0 aromatic carbocycles. The fraction of sp³-hybridized carbons (Fsp3) is 0.333. The molecule has 11 heteroatoms. The average Bonchev–Trinajstić information content (AvgIpc) is 3.39. The third-order valence-corrected chi connectivity index (χ3v) is 5.68. The summed E-state index contributed by atoms with van der Waals surface area (Å²) in [4.78, 5) is 25.4. The Bertz CT molecular complexity index is 968. The molecule has 1 saturated heterocycles. The highest BCUT2D eigenvalue weighted by Crippen LogP contribution is 2.31. The molecule has 150 valence electrons. The summed E-state index contributed by atoms with van der Waals surface area (Å²) in [5.41, 5.74) is 6.96. The average molecular weight is 412 g/mol. The van der Waals surface area contributed by atoms with Gasteiger partial charge in [-0.25, -0.2) is 0 Å². The lowest BCUT2D eigenvalue weighted by molar-refractivity contribution is -0.115. The van der Waals surface area contributed by atoms with E-state index in [0.717, 1.165) is 30.9 Å². The SMILES string of the molecule is NC(=O)c1nnc(N2CCC(c3ccc(NC(=O)CC4=CC=CCN4)nn3)C2)s1. The Hall–Kier alpha value is -3.34. The maximum atomic E-state index is 12.1. The summed E-state index contributed by atoms with van der Waals surface area (Å²) in [6.45, 7) is 2.23. The van der Waals surface area contributed by atoms with Crippen molar-refractivity contribution in [1.29, 1.82) is 0 Å². The molecular formula is C18H20N8O2S. The Labute approximate surface area is 170 Å². The van der Waals surface area contributed by atoms with Crippen LogP contribution in [0, 0.1) is 0 Å². The number of anilines is 2. The minimum atomic E-state index is -0.569. The molecule has 0 spiro atoms. The number of carbonyl (C=O) groups is 2. The van der Waals surface area contributed by atoms with Crippen molar-refractivity contribution >= 4 is 34.1 Å². The van der Waals surface area contributed by atoms with Crippen LogP contribution in [0.15, 0.2) is 36.1 Å². The zero-order valence-electron chi connectivity index (χ0n) is 15.5. The standard InChI is InChI=1S/C18H20N8O2S/c19-16(28)17-24-25-18(29-17)26-8-6-11(10-26)13-4-5-14(23-22-13)21-15(27)9-12-3-1-2-7-20-12/h1-5,11,20H,6-10H2,(H2,19,28)(H,21,23,27). The van der Waals surface area contributed by atoms with Crippen molar-refractivity contribution in [3.8, 4) is 0 Å². The summed E-state index contributed by atoms with van der Waals surface area (Å²) in [6, 6.07) is 3.65. The molecule has 1 atom stereocenters. The highest BCUT2D eigenvalue weighted by molar-refractivity contribution is 7.17. The van der Waals surface area contributed by atoms with E-state index in [4.69, 9.17) is 5.73 Å². The van der Waals surface area contributed by atoms with Crippen LogP contribution in [0.4, 0.5) is 10.9 Å². The van der Waals surface area contributed by atoms with Crippen molar-refractivity contribution in [2.75, 3.05) is 29.9 Å². The summed E-state index contributed by atoms with van der Waals surface area (Å²) in [5, 5.41) is 23.1. The number of hydrogen-bond acceptors (Lipinski definition) is 9. The van der Waals surface area contributed by atoms with Crippen LogP contribution in [-0.4, -0.2) is 51.8 Å². The van der Waals surface area contributed by atoms with E-state index in [2.05, 4.69) is 35.9 Å². The van der Waals surface area contributed by atoms with Crippen LogP contribution < -0.4 is 21.3 Å². The molecule has 2 aliphatic rings. The highest BCUT2D eigenvalue weighted by Gasteiger charge is 2.28. The normalized spacial score (nSPS) is 18.3. The van der Waals surface area contributed by atoms with Crippen LogP contribution in [0.1, 0.15) is 34.3 Å². The Morgan fingerprint density at radius 1 is 1.28 bits per heavy atom. The van der Waals surface area contributed by atoms with Crippen molar-refractivity contribution < 1.29 is 9.59 Å². The molecular weight excluding hydrogens is 392 g/mol. The number of nitrogens with two attached hydrogens (primary N) is 1. The summed E-state index contributed by atoms with van der Waals surface area (Å²) in [6.07, 6.45) is 6.94. The van der Waals surface area contributed by atoms with Crippen LogP contribution >= 0.6 is 11.3 Å². The van der Waals surface area contributed by atoms with Crippen molar-refractivity contribution in [2.45, 2.75) is 18.8 Å². The number of aromatic nitrogens is 4. The number of dihydropyridines is 1. The van der Waals surface area contributed by atoms with Gasteiger partial charge in [-0.3, -0.25) is 9.59 Å². The predicted octanol–water partition coefficient (Wildman–Crippen LogP) is 0.793. The van der Waals surface area contributed by atoms with Gasteiger partial charge in [0.1, 0.15) is 0 Å². The van der Waals surface area contributed by atoms with Crippen LogP contribution in [-0.2, 0) is 4.79 Å². The van der Waals surface area contributed by atoms with Crippen molar-refractivity contribution in [1.82, 2.24) is 25.7 Å². The minimum Gasteiger partial charge on any atom is -0.384 e. The Kier molecular flexibility index (Phi) is 5.47. The molecule has 1 unspecified atom stereocenters. The van der Waals surface area contributed by atoms with Crippen LogP contribution in [0.3, 0.4) is 0 Å². The fourth-order valence-corrected chi connectivity index (χ4v) is 3.96. The van der Waals surface area contributed by atoms with E-state index >= 15 is 0 Å². The van der Waals surface area contributed by atoms with Crippen LogP contribution in [0.2, 0.25) is 0 Å². The topological polar surface area (TPSA) is 139 Å². The van der Waals surface area contributed by atoms with Gasteiger partial charge in [-0.2, -0.15) is 5.10 Å². The third kappa shape index (κ3) is 4.57. The van der Waals surface area contributed by atoms with E-state index < -0.39 is 5.91 Å². The van der Waals surface area contributed by atoms with Gasteiger partial charge in [0, 0.05) is 31.2 Å². The number of allylic oxidation sites excluding steroid dienone is 2. The smallest absolute Gasteiger partial charge is 0.279 e. The van der Waals surface area contributed by atoms with E-state index in [1.165, 1.54) is 11.3 Å². The van der Waals surface area contributed by atoms with Crippen molar-refractivity contribution in [3.63, 3.8) is 0 Å². The number of primary amides is 1. The molecule has 2 amide bonds. The first-order valence-electron chi connectivity index (χ1n) is 9.20. The second-order valence-electron chi connectivity index (χ2n) is 6.76. The van der Waals surface area contributed by atoms with Gasteiger partial charge < -0.3 is 21.3 Å². The third-order valence-electron chi connectivity index (χ3n) is 4.69. The molecule has 2 aliphatic heterocycles. The van der Waals surface area contributed by atoms with Gasteiger partial charge in [-0.15, -0.1) is 15.3 Å². The summed E-state index contributed by atoms with van der Waals surface area (Å²) in [7, 11) is 0. The quantitative estimate of drug-likeness (QED) is 0.633. The molecule has 10 nitrogen and oxygen atoms in total. The number of nitrogens with one attached hydrogen (secondary N) is 2. The lowest BCUT2D eigenvalue weighted by atomic mass is 10.1. The van der Waals surface area contributed by atoms with Gasteiger partial charge in [-0.1, -0.05) is 23.5 Å². The summed E-state index contributed by atoms with van der Waals surface area (Å²) in [5.74, 6) is -0.0953. The van der Waals surface area contributed by atoms with Crippen molar-refractivity contribution in [3.05, 3.63) is 46.8 Å². The zero-order chi connectivity index (χ0) is 20.2. The molecule has 2 aromatic rings. The van der Waals surface area contributed by atoms with Gasteiger partial charge in [0.25, 0.3) is 5.91 Å². The molecule has 4 N–H and O–H groups in total. The zero-order valence-corrected chi connectivity index (χ0v) is 16.4. The minimum absolute atomic E-state index is 0.144. The molecule has 0 bridgehead atoms. The first-order valence-corrected chi connectivity index (χ1v) is 10.0. The van der Waals surface area contributed by atoms with E-state index in [1.54, 1.807) is 6.07 Å². The maximum absolute atomic E-state index is 12.1. The number of rotatable bonds is 6. The largest absolute Gasteiger partial charge is 0.384 e. The Balaban J connectivity index is 1.33. The molecule has 4 heterocycles. The molecule has 0 radical (unpaired) electrons. The molecule has 0 aliphatic carbocycles. The number of hydrogen-bond donors (Lipinski definition) is 3. The van der Waals surface area contributed by atoms with Gasteiger partial charge in [0.2, 0.25) is 16.0 Å². The van der Waals surface area contributed by atoms with E-state index in [1.807, 2.05) is 24.3 Å². The highest BCUT2D eigenvalue weighted by atomic mass is 32.1. The molecule has 1 fully saturated rings. The Morgan fingerprint density at radius 2 is 2.17 bits per heavy atom. The van der Waals surface area contributed by atoms with Crippen LogP contribution in [0.25, 0.3) is 0 Å². The first kappa shape index (κ1) is 19.0. The lowest BCUT2D eigenvalue weighted by Gasteiger charge is -2.14.